The molecule has 0 saturated carbocycles. The van der Waals surface area contributed by atoms with Gasteiger partial charge in [-0.1, -0.05) is 0 Å². The number of fused-ring (bicyclic) bond motifs is 2. The van der Waals surface area contributed by atoms with Crippen molar-refractivity contribution < 1.29 is 22.7 Å². The first kappa shape index (κ1) is 23.7. The van der Waals surface area contributed by atoms with Crippen LogP contribution in [0.1, 0.15) is 18.9 Å². The fraction of sp³-hybridized carbons (Fsp3) is 0.346. The van der Waals surface area contributed by atoms with Crippen molar-refractivity contribution in [2.75, 3.05) is 49.3 Å². The first-order valence-electron chi connectivity index (χ1n) is 12.3. The summed E-state index contributed by atoms with van der Waals surface area (Å²) >= 11 is 0. The van der Waals surface area contributed by atoms with Gasteiger partial charge in [-0.25, -0.2) is 8.42 Å². The summed E-state index contributed by atoms with van der Waals surface area (Å²) < 4.78 is 39.1. The van der Waals surface area contributed by atoms with Crippen LogP contribution in [0.5, 0.6) is 11.5 Å². The van der Waals surface area contributed by atoms with Gasteiger partial charge in [0.05, 0.1) is 10.6 Å². The smallest absolute Gasteiger partial charge is 0.243 e. The van der Waals surface area contributed by atoms with Gasteiger partial charge in [0, 0.05) is 50.9 Å². The van der Waals surface area contributed by atoms with Crippen molar-refractivity contribution in [3.63, 3.8) is 0 Å². The Bertz CT molecular complexity index is 1450. The molecule has 3 aliphatic rings. The van der Waals surface area contributed by atoms with Crippen LogP contribution >= 0.6 is 0 Å². The van der Waals surface area contributed by atoms with Crippen molar-refractivity contribution >= 4 is 27.4 Å². The molecule has 1 amide bonds. The van der Waals surface area contributed by atoms with Crippen molar-refractivity contribution in [1.29, 1.82) is 0 Å². The number of amides is 1. The van der Waals surface area contributed by atoms with Gasteiger partial charge in [0.15, 0.2) is 17.3 Å². The molecule has 0 spiro atoms. The lowest BCUT2D eigenvalue weighted by Gasteiger charge is -2.35. The van der Waals surface area contributed by atoms with Crippen LogP contribution in [-0.4, -0.2) is 68.3 Å². The summed E-state index contributed by atoms with van der Waals surface area (Å²) in [7, 11) is -3.64. The fourth-order valence-corrected chi connectivity index (χ4v) is 6.54. The van der Waals surface area contributed by atoms with Gasteiger partial charge in [0.25, 0.3) is 0 Å². The third kappa shape index (κ3) is 4.38. The number of rotatable bonds is 4. The Morgan fingerprint density at radius 1 is 0.892 bits per heavy atom. The molecule has 10 nitrogen and oxygen atoms in total. The van der Waals surface area contributed by atoms with E-state index in [4.69, 9.17) is 9.47 Å². The molecule has 0 unspecified atom stereocenters. The number of hydrogen-bond donors (Lipinski definition) is 0. The minimum absolute atomic E-state index is 0.0281. The van der Waals surface area contributed by atoms with E-state index in [9.17, 15) is 13.2 Å². The molecule has 0 bridgehead atoms. The molecule has 1 fully saturated rings. The molecule has 37 heavy (non-hydrogen) atoms. The first-order chi connectivity index (χ1) is 17.9. The van der Waals surface area contributed by atoms with Crippen LogP contribution in [0.25, 0.3) is 11.3 Å². The molecular formula is C26H27N5O5S. The van der Waals surface area contributed by atoms with Crippen molar-refractivity contribution in [2.45, 2.75) is 24.7 Å². The molecule has 192 valence electrons. The van der Waals surface area contributed by atoms with E-state index < -0.39 is 10.0 Å². The van der Waals surface area contributed by atoms with Crippen LogP contribution in [0, 0.1) is 0 Å². The highest BCUT2D eigenvalue weighted by Gasteiger charge is 2.30. The maximum atomic E-state index is 13.4. The normalized spacial score (nSPS) is 17.5. The van der Waals surface area contributed by atoms with Crippen molar-refractivity contribution in [3.05, 3.63) is 54.1 Å². The molecule has 0 atom stereocenters. The average molecular weight is 522 g/mol. The molecule has 3 aliphatic heterocycles. The Balaban J connectivity index is 1.13. The number of carbonyl (C=O) groups is 1. The van der Waals surface area contributed by atoms with Gasteiger partial charge in [-0.15, -0.1) is 10.2 Å². The first-order valence-corrected chi connectivity index (χ1v) is 13.7. The molecule has 1 saturated heterocycles. The summed E-state index contributed by atoms with van der Waals surface area (Å²) in [5.41, 5.74) is 3.32. The predicted octanol–water partition coefficient (Wildman–Crippen LogP) is 2.68. The van der Waals surface area contributed by atoms with Crippen LogP contribution < -0.4 is 19.3 Å². The summed E-state index contributed by atoms with van der Waals surface area (Å²) in [6.45, 7) is 4.15. The van der Waals surface area contributed by atoms with Gasteiger partial charge in [0.1, 0.15) is 0 Å². The summed E-state index contributed by atoms with van der Waals surface area (Å²) in [4.78, 5) is 16.0. The molecule has 1 aromatic heterocycles. The van der Waals surface area contributed by atoms with E-state index in [0.29, 0.717) is 44.3 Å². The Kier molecular flexibility index (Phi) is 5.96. The van der Waals surface area contributed by atoms with Gasteiger partial charge >= 0.3 is 0 Å². The summed E-state index contributed by atoms with van der Waals surface area (Å²) in [5.74, 6) is 2.09. The van der Waals surface area contributed by atoms with Gasteiger partial charge < -0.3 is 19.3 Å². The van der Waals surface area contributed by atoms with E-state index in [1.54, 1.807) is 23.1 Å². The maximum Gasteiger partial charge on any atom is 0.243 e. The highest BCUT2D eigenvalue weighted by molar-refractivity contribution is 7.89. The standard InChI is InChI=1S/C26H27N5O5S/c1-18(32)31-10-2-3-20-15-21(5-7-23(20)31)37(33,34)30-13-11-29(12-14-30)26-9-6-22(27-28-26)19-4-8-24-25(16-19)36-17-35-24/h4-9,15-16H,2-3,10-14,17H2,1H3. The molecule has 11 heteroatoms. The highest BCUT2D eigenvalue weighted by atomic mass is 32.2. The number of ether oxygens (including phenoxy) is 2. The lowest BCUT2D eigenvalue weighted by molar-refractivity contribution is -0.116. The second kappa shape index (κ2) is 9.31. The number of aryl methyl sites for hydroxylation is 1. The summed E-state index contributed by atoms with van der Waals surface area (Å²) in [6, 6.07) is 14.6. The number of aromatic nitrogens is 2. The van der Waals surface area contributed by atoms with Crippen LogP contribution in [0.2, 0.25) is 0 Å². The van der Waals surface area contributed by atoms with E-state index >= 15 is 0 Å². The van der Waals surface area contributed by atoms with E-state index in [-0.39, 0.29) is 17.6 Å². The van der Waals surface area contributed by atoms with Gasteiger partial charge in [0.2, 0.25) is 22.7 Å². The van der Waals surface area contributed by atoms with Crippen molar-refractivity contribution in [1.82, 2.24) is 14.5 Å². The third-order valence-electron chi connectivity index (χ3n) is 7.07. The second-order valence-corrected chi connectivity index (χ2v) is 11.2. The minimum atomic E-state index is -3.64. The van der Waals surface area contributed by atoms with Crippen molar-refractivity contribution in [3.8, 4) is 22.8 Å². The predicted molar refractivity (Wildman–Crippen MR) is 137 cm³/mol. The molecule has 4 heterocycles. The number of carbonyl (C=O) groups excluding carboxylic acids is 1. The number of hydrogen-bond acceptors (Lipinski definition) is 8. The summed E-state index contributed by atoms with van der Waals surface area (Å²) in [6.07, 6.45) is 1.58. The Morgan fingerprint density at radius 3 is 2.46 bits per heavy atom. The van der Waals surface area contributed by atoms with Gasteiger partial charge in [-0.3, -0.25) is 4.79 Å². The zero-order valence-electron chi connectivity index (χ0n) is 20.5. The fourth-order valence-electron chi connectivity index (χ4n) is 5.07. The van der Waals surface area contributed by atoms with E-state index in [0.717, 1.165) is 41.1 Å². The van der Waals surface area contributed by atoms with E-state index in [1.165, 1.54) is 11.2 Å². The average Bonchev–Trinajstić information content (AvgIpc) is 3.40. The Hall–Kier alpha value is -3.70. The van der Waals surface area contributed by atoms with Crippen LogP contribution in [0.15, 0.2) is 53.4 Å². The Morgan fingerprint density at radius 2 is 1.70 bits per heavy atom. The molecule has 0 N–H and O–H groups in total. The van der Waals surface area contributed by atoms with Crippen molar-refractivity contribution in [2.24, 2.45) is 0 Å². The Labute approximate surface area is 215 Å². The number of sulfonamides is 1. The zero-order valence-corrected chi connectivity index (χ0v) is 21.3. The number of anilines is 2. The lowest BCUT2D eigenvalue weighted by Crippen LogP contribution is -2.49. The van der Waals surface area contributed by atoms with Gasteiger partial charge in [-0.05, 0) is 66.9 Å². The topological polar surface area (TPSA) is 105 Å². The maximum absolute atomic E-state index is 13.4. The van der Waals surface area contributed by atoms with Gasteiger partial charge in [-0.2, -0.15) is 4.31 Å². The lowest BCUT2D eigenvalue weighted by atomic mass is 10.0. The molecule has 3 aromatic rings. The highest BCUT2D eigenvalue weighted by Crippen LogP contribution is 2.35. The SMILES string of the molecule is CC(=O)N1CCCc2cc(S(=O)(=O)N3CCN(c4ccc(-c5ccc6c(c5)OCO6)nn4)CC3)ccc21. The number of nitrogens with zero attached hydrogens (tertiary/aromatic N) is 5. The molecule has 0 radical (unpaired) electrons. The largest absolute Gasteiger partial charge is 0.454 e. The second-order valence-electron chi connectivity index (χ2n) is 9.30. The molecule has 0 aliphatic carbocycles. The van der Waals surface area contributed by atoms with Crippen LogP contribution in [0.3, 0.4) is 0 Å². The third-order valence-corrected chi connectivity index (χ3v) is 8.96. The minimum Gasteiger partial charge on any atom is -0.454 e. The number of piperazine rings is 1. The zero-order chi connectivity index (χ0) is 25.6. The quantitative estimate of drug-likeness (QED) is 0.516. The number of benzene rings is 2. The molecule has 2 aromatic carbocycles. The molecule has 6 rings (SSSR count). The van der Waals surface area contributed by atoms with Crippen LogP contribution in [-0.2, 0) is 21.2 Å². The molecular weight excluding hydrogens is 494 g/mol. The van der Waals surface area contributed by atoms with E-state index in [1.807, 2.05) is 35.2 Å². The monoisotopic (exact) mass is 521 g/mol. The van der Waals surface area contributed by atoms with Crippen LogP contribution in [0.4, 0.5) is 11.5 Å². The summed E-state index contributed by atoms with van der Waals surface area (Å²) in [5, 5.41) is 8.77. The van der Waals surface area contributed by atoms with E-state index in [2.05, 4.69) is 10.2 Å².